The number of rotatable bonds is 6. The molecule has 1 aromatic carbocycles. The molecule has 3 heterocycles. The van der Waals surface area contributed by atoms with Crippen molar-refractivity contribution in [2.45, 2.75) is 32.7 Å². The smallest absolute Gasteiger partial charge is 0.197 e. The first-order valence-electron chi connectivity index (χ1n) is 10.1. The van der Waals surface area contributed by atoms with Gasteiger partial charge in [-0.25, -0.2) is 9.50 Å². The van der Waals surface area contributed by atoms with E-state index in [0.717, 1.165) is 22.5 Å². The van der Waals surface area contributed by atoms with Gasteiger partial charge < -0.3 is 9.64 Å². The Kier molecular flexibility index (Phi) is 5.30. The fraction of sp³-hybridized carbons (Fsp3) is 0.348. The standard InChI is InChI=1S/C23H28N6O/c1-14(2)20-21(17-9-7-16(8-10-17)15(3)28(4)5)26-27-22(20)18-11-19(30-6)23-24-13-25-29(23)12-18/h7-15H,1-6H3,(H,26,27). The quantitative estimate of drug-likeness (QED) is 0.511. The van der Waals surface area contributed by atoms with Gasteiger partial charge in [-0.05, 0) is 44.1 Å². The predicted molar refractivity (Wildman–Crippen MR) is 119 cm³/mol. The number of pyridine rings is 1. The molecule has 0 aliphatic heterocycles. The molecule has 0 aliphatic rings. The summed E-state index contributed by atoms with van der Waals surface area (Å²) in [6.45, 7) is 6.58. The van der Waals surface area contributed by atoms with Crippen molar-refractivity contribution in [1.82, 2.24) is 29.7 Å². The molecule has 4 rings (SSSR count). The first-order chi connectivity index (χ1) is 14.4. The Labute approximate surface area is 176 Å². The van der Waals surface area contributed by atoms with Gasteiger partial charge in [-0.1, -0.05) is 38.1 Å². The molecule has 1 unspecified atom stereocenters. The second kappa shape index (κ2) is 7.91. The highest BCUT2D eigenvalue weighted by Gasteiger charge is 2.21. The van der Waals surface area contributed by atoms with E-state index < -0.39 is 0 Å². The van der Waals surface area contributed by atoms with Crippen LogP contribution in [0.2, 0.25) is 0 Å². The molecule has 7 nitrogen and oxygen atoms in total. The van der Waals surface area contributed by atoms with Crippen molar-refractivity contribution in [1.29, 1.82) is 0 Å². The highest BCUT2D eigenvalue weighted by atomic mass is 16.5. The molecule has 30 heavy (non-hydrogen) atoms. The van der Waals surface area contributed by atoms with Gasteiger partial charge in [0.15, 0.2) is 11.4 Å². The Bertz CT molecular complexity index is 1160. The number of aromatic nitrogens is 5. The lowest BCUT2D eigenvalue weighted by atomic mass is 9.93. The van der Waals surface area contributed by atoms with E-state index in [1.165, 1.54) is 17.5 Å². The zero-order valence-electron chi connectivity index (χ0n) is 18.3. The Morgan fingerprint density at radius 1 is 1.07 bits per heavy atom. The van der Waals surface area contributed by atoms with Gasteiger partial charge in [-0.3, -0.25) is 5.10 Å². The van der Waals surface area contributed by atoms with Crippen molar-refractivity contribution in [3.8, 4) is 28.3 Å². The normalized spacial score (nSPS) is 12.8. The van der Waals surface area contributed by atoms with E-state index in [2.05, 4.69) is 84.3 Å². The highest BCUT2D eigenvalue weighted by molar-refractivity contribution is 5.76. The number of nitrogens with zero attached hydrogens (tertiary/aromatic N) is 5. The van der Waals surface area contributed by atoms with Gasteiger partial charge in [0.05, 0.1) is 18.5 Å². The number of ether oxygens (including phenoxy) is 1. The van der Waals surface area contributed by atoms with Gasteiger partial charge in [0.25, 0.3) is 0 Å². The van der Waals surface area contributed by atoms with E-state index in [0.29, 0.717) is 17.4 Å². The minimum Gasteiger partial charge on any atom is -0.493 e. The van der Waals surface area contributed by atoms with Crippen molar-refractivity contribution in [3.05, 3.63) is 54.0 Å². The lowest BCUT2D eigenvalue weighted by Crippen LogP contribution is -2.16. The second-order valence-electron chi connectivity index (χ2n) is 8.10. The lowest BCUT2D eigenvalue weighted by molar-refractivity contribution is 0.321. The largest absolute Gasteiger partial charge is 0.493 e. The van der Waals surface area contributed by atoms with Gasteiger partial charge in [-0.15, -0.1) is 0 Å². The number of hydrogen-bond donors (Lipinski definition) is 1. The number of aromatic amines is 1. The average Bonchev–Trinajstić information content (AvgIpc) is 3.39. The third-order valence-corrected chi connectivity index (χ3v) is 5.67. The van der Waals surface area contributed by atoms with E-state index in [9.17, 15) is 0 Å². The fourth-order valence-electron chi connectivity index (χ4n) is 3.75. The summed E-state index contributed by atoms with van der Waals surface area (Å²) in [5.74, 6) is 0.956. The van der Waals surface area contributed by atoms with Gasteiger partial charge in [-0.2, -0.15) is 10.2 Å². The lowest BCUT2D eigenvalue weighted by Gasteiger charge is -2.20. The minimum atomic E-state index is 0.284. The third kappa shape index (κ3) is 3.45. The molecule has 0 amide bonds. The van der Waals surface area contributed by atoms with E-state index >= 15 is 0 Å². The Hall–Kier alpha value is -3.19. The van der Waals surface area contributed by atoms with Crippen LogP contribution >= 0.6 is 0 Å². The molecule has 0 saturated heterocycles. The minimum absolute atomic E-state index is 0.284. The van der Waals surface area contributed by atoms with Crippen LogP contribution in [0.1, 0.15) is 43.9 Å². The zero-order chi connectivity index (χ0) is 21.4. The molecule has 7 heteroatoms. The number of H-pyrrole nitrogens is 1. The number of methoxy groups -OCH3 is 1. The van der Waals surface area contributed by atoms with Crippen LogP contribution in [0.5, 0.6) is 5.75 Å². The molecule has 1 atom stereocenters. The number of benzene rings is 1. The summed E-state index contributed by atoms with van der Waals surface area (Å²) < 4.78 is 7.26. The molecule has 0 fully saturated rings. The molecule has 1 N–H and O–H groups in total. The van der Waals surface area contributed by atoms with Crippen molar-refractivity contribution >= 4 is 5.65 Å². The average molecular weight is 405 g/mol. The van der Waals surface area contributed by atoms with E-state index in [1.54, 1.807) is 11.6 Å². The first kappa shape index (κ1) is 20.1. The van der Waals surface area contributed by atoms with Crippen LogP contribution in [0.3, 0.4) is 0 Å². The van der Waals surface area contributed by atoms with Crippen molar-refractivity contribution in [2.75, 3.05) is 21.2 Å². The monoisotopic (exact) mass is 404 g/mol. The molecule has 4 aromatic rings. The van der Waals surface area contributed by atoms with Gasteiger partial charge in [0.2, 0.25) is 0 Å². The topological polar surface area (TPSA) is 71.3 Å². The van der Waals surface area contributed by atoms with Crippen LogP contribution in [0.15, 0.2) is 42.9 Å². The second-order valence-corrected chi connectivity index (χ2v) is 8.10. The highest BCUT2D eigenvalue weighted by Crippen LogP contribution is 2.37. The maximum atomic E-state index is 5.53. The van der Waals surface area contributed by atoms with E-state index in [1.807, 2.05) is 12.3 Å². The van der Waals surface area contributed by atoms with Crippen LogP contribution in [-0.2, 0) is 0 Å². The van der Waals surface area contributed by atoms with Crippen molar-refractivity contribution < 1.29 is 4.74 Å². The summed E-state index contributed by atoms with van der Waals surface area (Å²) in [6.07, 6.45) is 3.47. The van der Waals surface area contributed by atoms with Crippen molar-refractivity contribution in [3.63, 3.8) is 0 Å². The zero-order valence-corrected chi connectivity index (χ0v) is 18.3. The fourth-order valence-corrected chi connectivity index (χ4v) is 3.75. The first-order valence-corrected chi connectivity index (χ1v) is 10.1. The molecule has 0 radical (unpaired) electrons. The Morgan fingerprint density at radius 3 is 2.43 bits per heavy atom. The van der Waals surface area contributed by atoms with Gasteiger partial charge in [0.1, 0.15) is 6.33 Å². The molecule has 0 bridgehead atoms. The summed E-state index contributed by atoms with van der Waals surface area (Å²) in [4.78, 5) is 6.47. The summed E-state index contributed by atoms with van der Waals surface area (Å²) in [5.41, 5.74) is 7.16. The van der Waals surface area contributed by atoms with Crippen molar-refractivity contribution in [2.24, 2.45) is 0 Å². The van der Waals surface area contributed by atoms with Crippen LogP contribution in [0, 0.1) is 0 Å². The van der Waals surface area contributed by atoms with Crippen LogP contribution in [-0.4, -0.2) is 50.9 Å². The molecule has 156 valence electrons. The molecular formula is C23H28N6O. The maximum absolute atomic E-state index is 5.53. The maximum Gasteiger partial charge on any atom is 0.197 e. The molecule has 3 aromatic heterocycles. The van der Waals surface area contributed by atoms with Crippen LogP contribution < -0.4 is 4.74 Å². The van der Waals surface area contributed by atoms with Gasteiger partial charge in [0, 0.05) is 23.4 Å². The predicted octanol–water partition coefficient (Wildman–Crippen LogP) is 4.54. The third-order valence-electron chi connectivity index (χ3n) is 5.67. The molecule has 0 saturated carbocycles. The van der Waals surface area contributed by atoms with Crippen LogP contribution in [0.25, 0.3) is 28.2 Å². The number of fused-ring (bicyclic) bond motifs is 1. The van der Waals surface area contributed by atoms with E-state index in [-0.39, 0.29) is 5.92 Å². The SMILES string of the molecule is COc1cc(-c2n[nH]c(-c3ccc(C(C)N(C)C)cc3)c2C(C)C)cn2ncnc12. The molecule has 0 spiro atoms. The Balaban J connectivity index is 1.80. The summed E-state index contributed by atoms with van der Waals surface area (Å²) in [5, 5.41) is 12.2. The molecule has 0 aliphatic carbocycles. The number of nitrogens with one attached hydrogen (secondary N) is 1. The van der Waals surface area contributed by atoms with E-state index in [4.69, 9.17) is 4.74 Å². The van der Waals surface area contributed by atoms with Gasteiger partial charge >= 0.3 is 0 Å². The summed E-state index contributed by atoms with van der Waals surface area (Å²) in [6, 6.07) is 11.0. The summed E-state index contributed by atoms with van der Waals surface area (Å²) >= 11 is 0. The summed E-state index contributed by atoms with van der Waals surface area (Å²) in [7, 11) is 5.83. The van der Waals surface area contributed by atoms with Crippen LogP contribution in [0.4, 0.5) is 0 Å². The number of hydrogen-bond acceptors (Lipinski definition) is 5. The molecular weight excluding hydrogens is 376 g/mol. The Morgan fingerprint density at radius 2 is 1.80 bits per heavy atom.